The van der Waals surface area contributed by atoms with Crippen LogP contribution < -0.4 is 16.1 Å². The Labute approximate surface area is 157 Å². The number of fused-ring (bicyclic) bond motifs is 1. The van der Waals surface area contributed by atoms with Crippen molar-refractivity contribution in [1.82, 2.24) is 0 Å². The van der Waals surface area contributed by atoms with Crippen molar-refractivity contribution in [2.75, 3.05) is 6.61 Å². The lowest BCUT2D eigenvalue weighted by atomic mass is 9.83. The zero-order valence-corrected chi connectivity index (χ0v) is 14.9. The van der Waals surface area contributed by atoms with Crippen LogP contribution >= 0.6 is 0 Å². The number of aryl methyl sites for hydroxylation is 1. The molecule has 1 aromatic heterocycles. The molecule has 0 radical (unpaired) electrons. The monoisotopic (exact) mass is 395 g/mol. The van der Waals surface area contributed by atoms with E-state index in [2.05, 4.69) is 0 Å². The number of halogens is 3. The third kappa shape index (κ3) is 3.47. The van der Waals surface area contributed by atoms with Gasteiger partial charge in [0, 0.05) is 6.07 Å². The highest BCUT2D eigenvalue weighted by Gasteiger charge is 2.39. The number of hydrogen-bond donors (Lipinski definition) is 1. The standard InChI is InChI=1S/C19H16F3NO5/c1-3-26-17(24)15-13(10-4-6-11(7-5-10)19(20,21)22)14-12(28-16(15)23)8-9(2)27-18(14)25/h4-8,13H,3,23H2,1-2H3. The van der Waals surface area contributed by atoms with Crippen LogP contribution in [-0.2, 0) is 15.7 Å². The number of rotatable bonds is 3. The molecular weight excluding hydrogens is 379 g/mol. The van der Waals surface area contributed by atoms with Crippen LogP contribution in [0.3, 0.4) is 0 Å². The van der Waals surface area contributed by atoms with Gasteiger partial charge in [0.1, 0.15) is 17.1 Å². The molecule has 0 saturated carbocycles. The van der Waals surface area contributed by atoms with Crippen molar-refractivity contribution in [3.8, 4) is 5.75 Å². The van der Waals surface area contributed by atoms with E-state index in [0.717, 1.165) is 12.1 Å². The highest BCUT2D eigenvalue weighted by atomic mass is 19.4. The summed E-state index contributed by atoms with van der Waals surface area (Å²) in [4.78, 5) is 24.9. The zero-order valence-electron chi connectivity index (χ0n) is 14.9. The first-order chi connectivity index (χ1) is 13.1. The van der Waals surface area contributed by atoms with Crippen molar-refractivity contribution >= 4 is 5.97 Å². The largest absolute Gasteiger partial charge is 0.462 e. The van der Waals surface area contributed by atoms with E-state index >= 15 is 0 Å². The maximum Gasteiger partial charge on any atom is 0.416 e. The average molecular weight is 395 g/mol. The smallest absolute Gasteiger partial charge is 0.416 e. The molecule has 0 amide bonds. The second kappa shape index (κ2) is 7.06. The maximum absolute atomic E-state index is 12.9. The second-order valence-electron chi connectivity index (χ2n) is 6.08. The van der Waals surface area contributed by atoms with Crippen molar-refractivity contribution in [1.29, 1.82) is 0 Å². The van der Waals surface area contributed by atoms with Crippen LogP contribution in [0.15, 0.2) is 51.0 Å². The van der Waals surface area contributed by atoms with Crippen LogP contribution in [-0.4, -0.2) is 12.6 Å². The van der Waals surface area contributed by atoms with E-state index in [9.17, 15) is 22.8 Å². The number of hydrogen-bond acceptors (Lipinski definition) is 6. The topological polar surface area (TPSA) is 91.8 Å². The summed E-state index contributed by atoms with van der Waals surface area (Å²) >= 11 is 0. The summed E-state index contributed by atoms with van der Waals surface area (Å²) in [5.74, 6) is -1.90. The van der Waals surface area contributed by atoms with Crippen LogP contribution in [0.1, 0.15) is 35.3 Å². The molecule has 2 aromatic rings. The fourth-order valence-corrected chi connectivity index (χ4v) is 3.02. The molecule has 28 heavy (non-hydrogen) atoms. The molecule has 0 spiro atoms. The van der Waals surface area contributed by atoms with E-state index in [1.165, 1.54) is 25.1 Å². The summed E-state index contributed by atoms with van der Waals surface area (Å²) in [5, 5.41) is 0. The van der Waals surface area contributed by atoms with Crippen LogP contribution in [0.2, 0.25) is 0 Å². The Kier molecular flexibility index (Phi) is 4.93. The summed E-state index contributed by atoms with van der Waals surface area (Å²) in [6.45, 7) is 3.14. The van der Waals surface area contributed by atoms with Gasteiger partial charge in [0.15, 0.2) is 0 Å². The van der Waals surface area contributed by atoms with Crippen molar-refractivity contribution in [3.63, 3.8) is 0 Å². The third-order valence-corrected chi connectivity index (χ3v) is 4.20. The Bertz CT molecular complexity index is 1010. The van der Waals surface area contributed by atoms with Crippen molar-refractivity contribution in [2.45, 2.75) is 25.9 Å². The summed E-state index contributed by atoms with van der Waals surface area (Å²) in [7, 11) is 0. The van der Waals surface area contributed by atoms with Gasteiger partial charge in [0.05, 0.1) is 23.7 Å². The van der Waals surface area contributed by atoms with Crippen LogP contribution in [0.4, 0.5) is 13.2 Å². The third-order valence-electron chi connectivity index (χ3n) is 4.20. The summed E-state index contributed by atoms with van der Waals surface area (Å²) in [5.41, 5.74) is 4.27. The molecule has 6 nitrogen and oxygen atoms in total. The predicted octanol–water partition coefficient (Wildman–Crippen LogP) is 3.22. The molecule has 2 heterocycles. The van der Waals surface area contributed by atoms with E-state index in [1.807, 2.05) is 0 Å². The van der Waals surface area contributed by atoms with Gasteiger partial charge in [-0.25, -0.2) is 9.59 Å². The summed E-state index contributed by atoms with van der Waals surface area (Å²) in [6.07, 6.45) is -4.53. The first-order valence-corrected chi connectivity index (χ1v) is 8.30. The van der Waals surface area contributed by atoms with Crippen molar-refractivity contribution in [2.24, 2.45) is 5.73 Å². The fourth-order valence-electron chi connectivity index (χ4n) is 3.02. The van der Waals surface area contributed by atoms with E-state index in [0.29, 0.717) is 0 Å². The van der Waals surface area contributed by atoms with E-state index in [1.54, 1.807) is 6.92 Å². The fraction of sp³-hybridized carbons (Fsp3) is 0.263. The Balaban J connectivity index is 2.22. The molecule has 1 aromatic carbocycles. The van der Waals surface area contributed by atoms with Gasteiger partial charge in [-0.05, 0) is 31.5 Å². The second-order valence-corrected chi connectivity index (χ2v) is 6.08. The van der Waals surface area contributed by atoms with Gasteiger partial charge in [-0.3, -0.25) is 0 Å². The minimum absolute atomic E-state index is 0.0324. The molecule has 0 fully saturated rings. The number of esters is 1. The van der Waals surface area contributed by atoms with E-state index in [-0.39, 0.29) is 40.7 Å². The molecule has 0 saturated heterocycles. The lowest BCUT2D eigenvalue weighted by Crippen LogP contribution is -2.31. The van der Waals surface area contributed by atoms with Crippen LogP contribution in [0.25, 0.3) is 0 Å². The van der Waals surface area contributed by atoms with Gasteiger partial charge in [0.25, 0.3) is 0 Å². The number of carbonyl (C=O) groups excluding carboxylic acids is 1. The van der Waals surface area contributed by atoms with E-state index < -0.39 is 29.3 Å². The molecule has 1 unspecified atom stereocenters. The quantitative estimate of drug-likeness (QED) is 0.803. The number of benzene rings is 1. The SMILES string of the molecule is CCOC(=O)C1=C(N)Oc2cc(C)oc(=O)c2C1c1ccc(C(F)(F)F)cc1. The van der Waals surface area contributed by atoms with Gasteiger partial charge in [-0.2, -0.15) is 13.2 Å². The molecule has 1 aliphatic rings. The molecule has 3 rings (SSSR count). The predicted molar refractivity (Wildman–Crippen MR) is 91.5 cm³/mol. The summed E-state index contributed by atoms with van der Waals surface area (Å²) < 4.78 is 54.2. The lowest BCUT2D eigenvalue weighted by molar-refractivity contribution is -0.139. The first-order valence-electron chi connectivity index (χ1n) is 8.30. The molecule has 0 bridgehead atoms. The van der Waals surface area contributed by atoms with Gasteiger partial charge >= 0.3 is 17.8 Å². The molecule has 2 N–H and O–H groups in total. The number of alkyl halides is 3. The Morgan fingerprint density at radius 2 is 1.89 bits per heavy atom. The van der Waals surface area contributed by atoms with Crippen molar-refractivity contribution < 1.29 is 31.9 Å². The maximum atomic E-state index is 12.9. The highest BCUT2D eigenvalue weighted by molar-refractivity contribution is 5.92. The van der Waals surface area contributed by atoms with Gasteiger partial charge in [-0.15, -0.1) is 0 Å². The highest BCUT2D eigenvalue weighted by Crippen LogP contribution is 2.42. The minimum atomic E-state index is -4.53. The molecule has 148 valence electrons. The van der Waals surface area contributed by atoms with Gasteiger partial charge in [-0.1, -0.05) is 12.1 Å². The van der Waals surface area contributed by atoms with Gasteiger partial charge in [0.2, 0.25) is 5.88 Å². The molecule has 1 aliphatic heterocycles. The normalized spacial score (nSPS) is 16.4. The lowest BCUT2D eigenvalue weighted by Gasteiger charge is -2.27. The Hall–Kier alpha value is -3.23. The molecular formula is C19H16F3NO5. The number of carbonyl (C=O) groups is 1. The number of nitrogens with two attached hydrogens (primary N) is 1. The number of ether oxygens (including phenoxy) is 2. The van der Waals surface area contributed by atoms with Crippen LogP contribution in [0.5, 0.6) is 5.75 Å². The van der Waals surface area contributed by atoms with Crippen molar-refractivity contribution in [3.05, 3.63) is 74.7 Å². The van der Waals surface area contributed by atoms with Gasteiger partial charge < -0.3 is 19.6 Å². The molecule has 1 atom stereocenters. The molecule has 0 aliphatic carbocycles. The minimum Gasteiger partial charge on any atom is -0.462 e. The average Bonchev–Trinajstić information content (AvgIpc) is 2.59. The summed E-state index contributed by atoms with van der Waals surface area (Å²) in [6, 6.07) is 5.49. The zero-order chi connectivity index (χ0) is 20.6. The molecule has 9 heteroatoms. The Morgan fingerprint density at radius 1 is 1.25 bits per heavy atom. The Morgan fingerprint density at radius 3 is 2.46 bits per heavy atom. The van der Waals surface area contributed by atoms with Crippen LogP contribution in [0, 0.1) is 6.92 Å². The first kappa shape index (κ1) is 19.5. The van der Waals surface area contributed by atoms with E-state index in [4.69, 9.17) is 19.6 Å².